The molecule has 190 valence electrons. The molecule has 5 rings (SSSR count). The van der Waals surface area contributed by atoms with Crippen molar-refractivity contribution in [2.24, 2.45) is 5.92 Å². The normalized spacial score (nSPS) is 41.1. The quantitative estimate of drug-likeness (QED) is 0.411. The van der Waals surface area contributed by atoms with Crippen molar-refractivity contribution in [2.75, 3.05) is 7.05 Å². The number of rotatable bonds is 4. The number of pyridine rings is 1. The summed E-state index contributed by atoms with van der Waals surface area (Å²) in [5.74, 6) is -2.88. The first-order valence-corrected chi connectivity index (χ1v) is 12.2. The van der Waals surface area contributed by atoms with Crippen LogP contribution in [0.4, 0.5) is 0 Å². The molecule has 10 nitrogen and oxygen atoms in total. The highest BCUT2D eigenvalue weighted by Gasteiger charge is 2.63. The van der Waals surface area contributed by atoms with Gasteiger partial charge in [-0.3, -0.25) is 9.78 Å². The molecule has 10 heteroatoms. The van der Waals surface area contributed by atoms with Crippen molar-refractivity contribution in [3.05, 3.63) is 42.1 Å². The lowest BCUT2D eigenvalue weighted by molar-refractivity contribution is -0.450. The number of carbonyl (C=O) groups excluding carboxylic acids is 1. The summed E-state index contributed by atoms with van der Waals surface area (Å²) in [7, 11) is 1.68. The largest absolute Gasteiger partial charge is 0.391 e. The highest BCUT2D eigenvalue weighted by Crippen LogP contribution is 2.43. The number of amides is 1. The number of carbonyl (C=O) groups is 1. The number of hydrogen-bond acceptors (Lipinski definition) is 9. The predicted molar refractivity (Wildman–Crippen MR) is 125 cm³/mol. The first kappa shape index (κ1) is 24.5. The van der Waals surface area contributed by atoms with Crippen LogP contribution in [0.15, 0.2) is 36.5 Å². The third-order valence-electron chi connectivity index (χ3n) is 7.61. The lowest BCUT2D eigenvalue weighted by Gasteiger charge is -2.58. The summed E-state index contributed by atoms with van der Waals surface area (Å²) < 4.78 is 18.2. The summed E-state index contributed by atoms with van der Waals surface area (Å²) in [4.78, 5) is 17.7. The van der Waals surface area contributed by atoms with Crippen molar-refractivity contribution >= 4 is 16.8 Å². The molecular formula is C25H33N3O7. The van der Waals surface area contributed by atoms with Crippen LogP contribution in [0, 0.1) is 5.92 Å². The summed E-state index contributed by atoms with van der Waals surface area (Å²) in [6, 6.07) is 7.53. The Hall–Kier alpha value is -2.18. The van der Waals surface area contributed by atoms with Gasteiger partial charge in [-0.05, 0) is 38.9 Å². The van der Waals surface area contributed by atoms with Crippen LogP contribution in [0.5, 0.6) is 0 Å². The van der Waals surface area contributed by atoms with Gasteiger partial charge < -0.3 is 40.2 Å². The fraction of sp³-hybridized carbons (Fsp3) is 0.600. The zero-order valence-electron chi connectivity index (χ0n) is 20.0. The van der Waals surface area contributed by atoms with Gasteiger partial charge in [-0.1, -0.05) is 25.1 Å². The predicted octanol–water partition coefficient (Wildman–Crippen LogP) is 0.290. The number of hydrogen-bond donors (Lipinski definition) is 5. The topological polar surface area (TPSA) is 142 Å². The van der Waals surface area contributed by atoms with Crippen molar-refractivity contribution in [3.63, 3.8) is 0 Å². The minimum Gasteiger partial charge on any atom is -0.391 e. The molecule has 1 aliphatic carbocycles. The van der Waals surface area contributed by atoms with Gasteiger partial charge in [0.05, 0.1) is 41.5 Å². The molecule has 35 heavy (non-hydrogen) atoms. The van der Waals surface area contributed by atoms with E-state index in [2.05, 4.69) is 15.6 Å². The number of aliphatic hydroxyl groups excluding tert-OH is 2. The average Bonchev–Trinajstić information content (AvgIpc) is 2.84. The molecule has 3 fully saturated rings. The first-order valence-electron chi connectivity index (χ1n) is 12.2. The summed E-state index contributed by atoms with van der Waals surface area (Å²) in [6.07, 6.45) is -2.78. The fourth-order valence-corrected chi connectivity index (χ4v) is 5.76. The lowest BCUT2D eigenvalue weighted by atomic mass is 9.74. The number of ether oxygens (including phenoxy) is 3. The van der Waals surface area contributed by atoms with E-state index < -0.39 is 60.4 Å². The van der Waals surface area contributed by atoms with Crippen LogP contribution in [0.3, 0.4) is 0 Å². The third kappa shape index (κ3) is 4.03. The van der Waals surface area contributed by atoms with Crippen LogP contribution in [0.2, 0.25) is 0 Å². The number of benzene rings is 1. The Morgan fingerprint density at radius 2 is 1.94 bits per heavy atom. The van der Waals surface area contributed by atoms with Crippen LogP contribution in [-0.2, 0) is 14.2 Å². The molecule has 3 aliphatic rings. The van der Waals surface area contributed by atoms with Crippen molar-refractivity contribution in [2.45, 2.75) is 81.4 Å². The number of aromatic nitrogens is 1. The standard InChI is InChI=1S/C25H33N3O7/c1-4-14-19(29)18(26-3)21-22(20(14)30)34-24-25(32,35-21)16(11-12(2)33-24)28-23(31)15-9-5-7-13-8-6-10-27-17(13)15/h5-10,12,14,16,18-22,24,26,29-30,32H,4,11H2,1-3H3,(H,28,31)/t12-,14-,16-,18+,19+,20+,21?,22?,24?,25+/m1/s1. The van der Waals surface area contributed by atoms with Gasteiger partial charge in [0.1, 0.15) is 12.2 Å². The molecule has 0 radical (unpaired) electrons. The van der Waals surface area contributed by atoms with E-state index in [4.69, 9.17) is 14.2 Å². The molecule has 5 N–H and O–H groups in total. The second-order valence-corrected chi connectivity index (χ2v) is 9.72. The van der Waals surface area contributed by atoms with Gasteiger partial charge in [-0.2, -0.15) is 0 Å². The minimum atomic E-state index is -2.03. The number of likely N-dealkylation sites (N-methyl/N-ethyl adjacent to an activating group) is 1. The smallest absolute Gasteiger partial charge is 0.253 e. The molecule has 0 bridgehead atoms. The molecule has 3 heterocycles. The van der Waals surface area contributed by atoms with Crippen LogP contribution in [-0.4, -0.2) is 87.9 Å². The van der Waals surface area contributed by atoms with Gasteiger partial charge in [0.25, 0.3) is 5.91 Å². The highest BCUT2D eigenvalue weighted by atomic mass is 16.8. The SMILES string of the molecule is CC[C@@H]1[C@H](O)[C@H](NC)C2O[C@]3(O)C(OC2[C@H]1O)O[C@H](C)C[C@H]3NC(=O)c1cccc2cccnc12. The second kappa shape index (κ2) is 9.36. The van der Waals surface area contributed by atoms with Gasteiger partial charge in [0.15, 0.2) is 0 Å². The number of nitrogens with zero attached hydrogens (tertiary/aromatic N) is 1. The van der Waals surface area contributed by atoms with E-state index >= 15 is 0 Å². The van der Waals surface area contributed by atoms with E-state index in [1.165, 1.54) is 0 Å². The minimum absolute atomic E-state index is 0.268. The molecule has 1 aromatic carbocycles. The maximum Gasteiger partial charge on any atom is 0.253 e. The molecule has 2 aromatic rings. The molecule has 2 saturated heterocycles. The number of nitrogens with one attached hydrogen (secondary N) is 2. The van der Waals surface area contributed by atoms with E-state index in [1.54, 1.807) is 31.4 Å². The summed E-state index contributed by atoms with van der Waals surface area (Å²) >= 11 is 0. The van der Waals surface area contributed by atoms with E-state index in [1.807, 2.05) is 26.0 Å². The fourth-order valence-electron chi connectivity index (χ4n) is 5.76. The van der Waals surface area contributed by atoms with E-state index in [0.717, 1.165) is 5.39 Å². The molecule has 1 amide bonds. The van der Waals surface area contributed by atoms with Gasteiger partial charge in [0, 0.05) is 17.5 Å². The summed E-state index contributed by atoms with van der Waals surface area (Å²) in [6.45, 7) is 3.71. The number of aliphatic hydroxyl groups is 3. The van der Waals surface area contributed by atoms with E-state index in [-0.39, 0.29) is 12.5 Å². The maximum atomic E-state index is 13.3. The number of para-hydroxylation sites is 1. The van der Waals surface area contributed by atoms with E-state index in [9.17, 15) is 20.1 Å². The van der Waals surface area contributed by atoms with Crippen molar-refractivity contribution in [1.29, 1.82) is 0 Å². The Kier molecular flexibility index (Phi) is 6.56. The molecule has 2 aliphatic heterocycles. The maximum absolute atomic E-state index is 13.3. The Morgan fingerprint density at radius 3 is 2.69 bits per heavy atom. The van der Waals surface area contributed by atoms with Gasteiger partial charge in [-0.15, -0.1) is 0 Å². The van der Waals surface area contributed by atoms with Crippen LogP contribution < -0.4 is 10.6 Å². The summed E-state index contributed by atoms with van der Waals surface area (Å²) in [5, 5.41) is 40.3. The molecule has 3 unspecified atom stereocenters. The van der Waals surface area contributed by atoms with Crippen LogP contribution in [0.25, 0.3) is 10.9 Å². The van der Waals surface area contributed by atoms with Crippen LogP contribution in [0.1, 0.15) is 37.0 Å². The van der Waals surface area contributed by atoms with Crippen LogP contribution >= 0.6 is 0 Å². The molecule has 1 saturated carbocycles. The Balaban J connectivity index is 1.45. The summed E-state index contributed by atoms with van der Waals surface area (Å²) in [5.41, 5.74) is 0.927. The third-order valence-corrected chi connectivity index (χ3v) is 7.61. The first-order chi connectivity index (χ1) is 16.8. The zero-order chi connectivity index (χ0) is 24.9. The average molecular weight is 488 g/mol. The lowest BCUT2D eigenvalue weighted by Crippen LogP contribution is -2.77. The van der Waals surface area contributed by atoms with Gasteiger partial charge in [-0.25, -0.2) is 0 Å². The molecular weight excluding hydrogens is 454 g/mol. The van der Waals surface area contributed by atoms with Crippen molar-refractivity contribution in [3.8, 4) is 0 Å². The Labute approximate surface area is 203 Å². The van der Waals surface area contributed by atoms with Gasteiger partial charge >= 0.3 is 0 Å². The molecule has 10 atom stereocenters. The Bertz CT molecular complexity index is 1080. The van der Waals surface area contributed by atoms with E-state index in [0.29, 0.717) is 17.5 Å². The monoisotopic (exact) mass is 487 g/mol. The van der Waals surface area contributed by atoms with Gasteiger partial charge in [0.2, 0.25) is 12.1 Å². The number of fused-ring (bicyclic) bond motifs is 3. The van der Waals surface area contributed by atoms with Crippen molar-refractivity contribution < 1.29 is 34.3 Å². The van der Waals surface area contributed by atoms with Crippen molar-refractivity contribution in [1.82, 2.24) is 15.6 Å². The molecule has 0 spiro atoms. The Morgan fingerprint density at radius 1 is 1.17 bits per heavy atom. The molecule has 1 aromatic heterocycles. The second-order valence-electron chi connectivity index (χ2n) is 9.72. The zero-order valence-corrected chi connectivity index (χ0v) is 20.0. The highest BCUT2D eigenvalue weighted by molar-refractivity contribution is 6.05.